The van der Waals surface area contributed by atoms with Gasteiger partial charge in [0.1, 0.15) is 24.4 Å². The summed E-state index contributed by atoms with van der Waals surface area (Å²) in [4.78, 5) is 13.0. The molecule has 0 aromatic heterocycles. The number of hydrogen-bond acceptors (Lipinski definition) is 8. The Balaban J connectivity index is 1.98. The molecule has 1 rings (SSSR count). The zero-order valence-corrected chi connectivity index (χ0v) is 47.5. The van der Waals surface area contributed by atoms with Crippen LogP contribution in [0.5, 0.6) is 0 Å². The number of aliphatic hydroxyl groups is 5. The van der Waals surface area contributed by atoms with Crippen molar-refractivity contribution in [1.29, 1.82) is 0 Å². The fraction of sp³-hybridized carbons (Fsp3) is 0.921. The predicted molar refractivity (Wildman–Crippen MR) is 304 cm³/mol. The van der Waals surface area contributed by atoms with E-state index >= 15 is 0 Å². The van der Waals surface area contributed by atoms with E-state index in [4.69, 9.17) is 9.47 Å². The lowest BCUT2D eigenvalue weighted by molar-refractivity contribution is -0.302. The number of hydrogen-bond donors (Lipinski definition) is 6. The van der Waals surface area contributed by atoms with Crippen LogP contribution in [0.4, 0.5) is 0 Å². The summed E-state index contributed by atoms with van der Waals surface area (Å²) in [5, 5.41) is 54.3. The maximum absolute atomic E-state index is 13.0. The number of nitrogens with one attached hydrogen (secondary N) is 1. The molecule has 7 unspecified atom stereocenters. The van der Waals surface area contributed by atoms with E-state index in [1.807, 2.05) is 6.08 Å². The van der Waals surface area contributed by atoms with Gasteiger partial charge in [0.2, 0.25) is 5.91 Å². The van der Waals surface area contributed by atoms with Crippen LogP contribution in [0.1, 0.15) is 316 Å². The number of aliphatic hydroxyl groups excluding tert-OH is 5. The number of amides is 1. The van der Waals surface area contributed by atoms with Crippen molar-refractivity contribution in [3.05, 3.63) is 24.3 Å². The number of rotatable bonds is 55. The van der Waals surface area contributed by atoms with Gasteiger partial charge in [0.15, 0.2) is 6.29 Å². The average molecular weight is 1020 g/mol. The van der Waals surface area contributed by atoms with Crippen LogP contribution in [0.2, 0.25) is 0 Å². The Hall–Kier alpha value is -1.33. The van der Waals surface area contributed by atoms with Gasteiger partial charge in [-0.25, -0.2) is 0 Å². The molecule has 1 heterocycles. The van der Waals surface area contributed by atoms with Gasteiger partial charge >= 0.3 is 0 Å². The summed E-state index contributed by atoms with van der Waals surface area (Å²) in [6.45, 7) is 3.78. The van der Waals surface area contributed by atoms with Gasteiger partial charge in [0, 0.05) is 6.42 Å². The van der Waals surface area contributed by atoms with Gasteiger partial charge in [0.05, 0.1) is 25.4 Å². The van der Waals surface area contributed by atoms with Gasteiger partial charge in [-0.05, 0) is 44.9 Å². The summed E-state index contributed by atoms with van der Waals surface area (Å²) in [6.07, 6.45) is 61.7. The minimum atomic E-state index is -1.56. The summed E-state index contributed by atoms with van der Waals surface area (Å²) in [5.74, 6) is -0.173. The Morgan fingerprint density at radius 1 is 0.458 bits per heavy atom. The quantitative estimate of drug-likeness (QED) is 0.0261. The molecule has 0 aromatic carbocycles. The third-order valence-electron chi connectivity index (χ3n) is 15.3. The molecule has 1 aliphatic heterocycles. The molecule has 0 spiro atoms. The smallest absolute Gasteiger partial charge is 0.220 e. The number of carbonyl (C=O) groups excluding carboxylic acids is 1. The SMILES string of the molecule is CCCCCCCCCC/C=C\CCCCCCCCCCCCCCCCCCCCCCCCCCCCCC(=O)NC(COC1OC(CO)C(O)C(O)C1O)C(O)/C=C/CCCCCCCCCC. The monoisotopic (exact) mass is 1020 g/mol. The third-order valence-corrected chi connectivity index (χ3v) is 15.3. The lowest BCUT2D eigenvalue weighted by Gasteiger charge is -2.40. The highest BCUT2D eigenvalue weighted by Crippen LogP contribution is 2.23. The molecule has 0 radical (unpaired) electrons. The first-order chi connectivity index (χ1) is 35.3. The molecule has 0 aliphatic carbocycles. The van der Waals surface area contributed by atoms with Crippen molar-refractivity contribution in [3.63, 3.8) is 0 Å². The molecule has 1 fully saturated rings. The Labute approximate surface area is 445 Å². The van der Waals surface area contributed by atoms with Gasteiger partial charge in [-0.1, -0.05) is 289 Å². The molecular formula is C63H121NO8. The van der Waals surface area contributed by atoms with E-state index in [1.165, 1.54) is 257 Å². The molecule has 1 saturated heterocycles. The van der Waals surface area contributed by atoms with Crippen molar-refractivity contribution in [2.24, 2.45) is 0 Å². The van der Waals surface area contributed by atoms with Crippen LogP contribution in [0.25, 0.3) is 0 Å². The Kier molecular flexibility index (Phi) is 50.6. The normalized spacial score (nSPS) is 19.2. The second-order valence-corrected chi connectivity index (χ2v) is 22.2. The topological polar surface area (TPSA) is 149 Å². The zero-order valence-electron chi connectivity index (χ0n) is 47.5. The van der Waals surface area contributed by atoms with E-state index in [-0.39, 0.29) is 12.5 Å². The second kappa shape index (κ2) is 53.1. The molecule has 9 heteroatoms. The molecule has 72 heavy (non-hydrogen) atoms. The first-order valence-corrected chi connectivity index (χ1v) is 31.6. The summed E-state index contributed by atoms with van der Waals surface area (Å²) < 4.78 is 11.2. The predicted octanol–water partition coefficient (Wildman–Crippen LogP) is 16.1. The van der Waals surface area contributed by atoms with Crippen LogP contribution in [0, 0.1) is 0 Å². The lowest BCUT2D eigenvalue weighted by atomic mass is 9.99. The van der Waals surface area contributed by atoms with Crippen molar-refractivity contribution in [1.82, 2.24) is 5.32 Å². The Morgan fingerprint density at radius 3 is 1.12 bits per heavy atom. The molecule has 0 saturated carbocycles. The van der Waals surface area contributed by atoms with E-state index in [9.17, 15) is 30.3 Å². The molecule has 0 aromatic rings. The van der Waals surface area contributed by atoms with Crippen LogP contribution in [0.3, 0.4) is 0 Å². The highest BCUT2D eigenvalue weighted by molar-refractivity contribution is 5.76. The van der Waals surface area contributed by atoms with Crippen molar-refractivity contribution in [2.75, 3.05) is 13.2 Å². The number of ether oxygens (including phenoxy) is 2. The molecule has 426 valence electrons. The standard InChI is InChI=1S/C63H121NO8/c1-3-5-7-9-11-13-15-16-17-18-19-20-21-22-23-24-25-26-27-28-29-30-31-32-33-34-35-36-37-38-39-40-41-42-43-45-47-49-51-53-59(67)64-56(55-71-63-62(70)61(69)60(68)58(54-65)72-63)57(66)52-50-48-46-44-14-12-10-8-6-4-2/h18-19,50,52,56-58,60-63,65-66,68-70H,3-17,20-49,51,53-55H2,1-2H3,(H,64,67)/b19-18-,52-50+. The van der Waals surface area contributed by atoms with Crippen LogP contribution in [-0.2, 0) is 14.3 Å². The zero-order chi connectivity index (χ0) is 52.2. The summed E-state index contributed by atoms with van der Waals surface area (Å²) in [6, 6.07) is -0.800. The fourth-order valence-electron chi connectivity index (χ4n) is 10.3. The van der Waals surface area contributed by atoms with E-state index < -0.39 is 49.5 Å². The summed E-state index contributed by atoms with van der Waals surface area (Å²) in [7, 11) is 0. The van der Waals surface area contributed by atoms with Crippen molar-refractivity contribution in [3.8, 4) is 0 Å². The van der Waals surface area contributed by atoms with Crippen LogP contribution in [-0.4, -0.2) is 87.5 Å². The Morgan fingerprint density at radius 2 is 0.778 bits per heavy atom. The van der Waals surface area contributed by atoms with E-state index in [0.29, 0.717) is 6.42 Å². The number of allylic oxidation sites excluding steroid dienone is 3. The van der Waals surface area contributed by atoms with Crippen molar-refractivity contribution >= 4 is 5.91 Å². The minimum absolute atomic E-state index is 0.173. The molecular weight excluding hydrogens is 899 g/mol. The van der Waals surface area contributed by atoms with Crippen molar-refractivity contribution < 1.29 is 39.8 Å². The van der Waals surface area contributed by atoms with Gasteiger partial charge in [-0.15, -0.1) is 0 Å². The van der Waals surface area contributed by atoms with E-state index in [2.05, 4.69) is 31.3 Å². The van der Waals surface area contributed by atoms with Crippen LogP contribution < -0.4 is 5.32 Å². The molecule has 1 amide bonds. The number of unbranched alkanes of at least 4 members (excludes halogenated alkanes) is 43. The average Bonchev–Trinajstić information content (AvgIpc) is 3.38. The maximum Gasteiger partial charge on any atom is 0.220 e. The maximum atomic E-state index is 13.0. The van der Waals surface area contributed by atoms with Crippen LogP contribution >= 0.6 is 0 Å². The van der Waals surface area contributed by atoms with Gasteiger partial charge in [0.25, 0.3) is 0 Å². The van der Waals surface area contributed by atoms with Gasteiger partial charge in [-0.2, -0.15) is 0 Å². The summed E-state index contributed by atoms with van der Waals surface area (Å²) >= 11 is 0. The first kappa shape index (κ1) is 68.7. The van der Waals surface area contributed by atoms with Crippen molar-refractivity contribution in [2.45, 2.75) is 358 Å². The fourth-order valence-corrected chi connectivity index (χ4v) is 10.3. The van der Waals surface area contributed by atoms with Gasteiger partial charge < -0.3 is 40.3 Å². The molecule has 6 N–H and O–H groups in total. The summed E-state index contributed by atoms with van der Waals surface area (Å²) in [5.41, 5.74) is 0. The highest BCUT2D eigenvalue weighted by atomic mass is 16.7. The van der Waals surface area contributed by atoms with E-state index in [1.54, 1.807) is 6.08 Å². The molecule has 0 bridgehead atoms. The van der Waals surface area contributed by atoms with Gasteiger partial charge in [-0.3, -0.25) is 4.79 Å². The van der Waals surface area contributed by atoms with E-state index in [0.717, 1.165) is 38.5 Å². The highest BCUT2D eigenvalue weighted by Gasteiger charge is 2.44. The number of carbonyl (C=O) groups is 1. The Bertz CT molecular complexity index is 1180. The third kappa shape index (κ3) is 41.9. The lowest BCUT2D eigenvalue weighted by Crippen LogP contribution is -2.60. The molecule has 7 atom stereocenters. The first-order valence-electron chi connectivity index (χ1n) is 31.6. The molecule has 9 nitrogen and oxygen atoms in total. The largest absolute Gasteiger partial charge is 0.394 e. The minimum Gasteiger partial charge on any atom is -0.394 e. The van der Waals surface area contributed by atoms with Crippen LogP contribution in [0.15, 0.2) is 24.3 Å². The second-order valence-electron chi connectivity index (χ2n) is 22.2. The molecule has 1 aliphatic rings.